The van der Waals surface area contributed by atoms with Gasteiger partial charge in [0.15, 0.2) is 17.6 Å². The van der Waals surface area contributed by atoms with E-state index in [9.17, 15) is 69.5 Å². The lowest BCUT2D eigenvalue weighted by atomic mass is 9.99. The van der Waals surface area contributed by atoms with E-state index in [2.05, 4.69) is 24.8 Å². The van der Waals surface area contributed by atoms with Gasteiger partial charge >= 0.3 is 62.0 Å². The average molecular weight is 1300 g/mol. The molecule has 0 unspecified atom stereocenters. The number of benzene rings is 2. The van der Waals surface area contributed by atoms with Gasteiger partial charge in [-0.05, 0) is 73.4 Å². The summed E-state index contributed by atoms with van der Waals surface area (Å²) in [6.07, 6.45) is -3.91. The molecule has 0 radical (unpaired) electrons. The maximum atomic E-state index is 12.7. The highest BCUT2D eigenvalue weighted by atomic mass is 35.5. The van der Waals surface area contributed by atoms with Gasteiger partial charge in [-0.15, -0.1) is 12.4 Å². The number of halogens is 7. The maximum absolute atomic E-state index is 12.7. The smallest absolute Gasteiger partial charge is 0.408 e. The summed E-state index contributed by atoms with van der Waals surface area (Å²) in [6, 6.07) is 13.2. The maximum Gasteiger partial charge on any atom is 0.408 e. The number of hydrogen-bond acceptors (Lipinski definition) is 21. The lowest BCUT2D eigenvalue weighted by Crippen LogP contribution is -2.47. The van der Waals surface area contributed by atoms with E-state index in [1.807, 2.05) is 41.7 Å². The largest absolute Gasteiger partial charge is 0.481 e. The Morgan fingerprint density at radius 1 is 0.455 bits per heavy atom. The van der Waals surface area contributed by atoms with Crippen molar-refractivity contribution >= 4 is 66.1 Å². The van der Waals surface area contributed by atoms with Crippen molar-refractivity contribution in [3.05, 3.63) is 71.8 Å². The number of ether oxygens (including phenoxy) is 11. The number of ketones is 2. The van der Waals surface area contributed by atoms with Gasteiger partial charge in [0, 0.05) is 34.2 Å². The van der Waals surface area contributed by atoms with Gasteiger partial charge in [0.05, 0.1) is 51.5 Å². The first-order chi connectivity index (χ1) is 40.3. The van der Waals surface area contributed by atoms with Crippen LogP contribution in [-0.2, 0) is 94.1 Å². The molecule has 0 aliphatic carbocycles. The van der Waals surface area contributed by atoms with Crippen LogP contribution in [0.1, 0.15) is 86.3 Å². The Kier molecular flexibility index (Phi) is 43.9. The van der Waals surface area contributed by atoms with Crippen LogP contribution in [0.4, 0.5) is 40.7 Å². The zero-order chi connectivity index (χ0) is 67.1. The number of carboxylic acids is 2. The zero-order valence-electron chi connectivity index (χ0n) is 50.9. The van der Waals surface area contributed by atoms with Gasteiger partial charge in [-0.1, -0.05) is 60.7 Å². The van der Waals surface area contributed by atoms with E-state index in [0.717, 1.165) is 11.1 Å². The van der Waals surface area contributed by atoms with E-state index in [4.69, 9.17) is 53.8 Å². The van der Waals surface area contributed by atoms with Crippen molar-refractivity contribution in [3.63, 3.8) is 0 Å². The number of carbonyl (C=O) groups excluding carboxylic acids is 7. The van der Waals surface area contributed by atoms with Crippen LogP contribution in [-0.4, -0.2) is 186 Å². The lowest BCUT2D eigenvalue weighted by molar-refractivity contribution is -0.155. The van der Waals surface area contributed by atoms with Crippen LogP contribution in [0.3, 0.4) is 0 Å². The molecular formula is C55H83ClF6N4O22. The summed E-state index contributed by atoms with van der Waals surface area (Å²) in [6.45, 7) is 2.55. The molecule has 2 rings (SSSR count). The molecule has 2 aromatic rings. The highest BCUT2D eigenvalue weighted by Gasteiger charge is 2.33. The first-order valence-corrected chi connectivity index (χ1v) is 26.2. The van der Waals surface area contributed by atoms with Crippen molar-refractivity contribution in [3.8, 4) is 0 Å². The van der Waals surface area contributed by atoms with Gasteiger partial charge in [0.2, 0.25) is 0 Å². The van der Waals surface area contributed by atoms with Crippen molar-refractivity contribution < 1.29 is 132 Å². The number of carboxylic acid groups (broad SMARTS) is 2. The topological polar surface area (TPSA) is 358 Å². The average Bonchev–Trinajstić information content (AvgIpc) is 3.54. The molecule has 6 atom stereocenters. The fourth-order valence-corrected chi connectivity index (χ4v) is 5.99. The molecule has 0 bridgehead atoms. The highest BCUT2D eigenvalue weighted by molar-refractivity contribution is 5.91. The standard InChI is InChI=1S/C21H29F2NO7.C14H23F2NO7.C11H15NO3.C9H15F2NO5.ClH/c1-21(2,3)31-20(27)24-16(13-30-19(22)23)17(25)10-15(12-28-4)18(26)29-11-14-8-6-5-7-9-14;1-14(2,3)24-13(21)17-9(7-23-12(15)16)10(18)5-8(6-22-4)11(19)20;1-14-8-10(12)11(13)15-7-9-5-3-2-4-6-9;1-9(2,3)17-8(15)12-5(6(13)14)4-16-7(10)11;/h5-9,15-16,19H,10-13H2,1-4H3,(H,24,27);8-9,12H,5-7H2,1-4H3,(H,17,21)(H,19,20);2-6,10H,7-8,12H2,1H3;5,7H,4H2,1-3H3,(H,12,15)(H,13,14);1H/t15-,16-;8-,9-;10-;5-;/m0000./s1. The zero-order valence-corrected chi connectivity index (χ0v) is 51.7. The molecule has 0 aliphatic heterocycles. The Morgan fingerprint density at radius 2 is 0.761 bits per heavy atom. The summed E-state index contributed by atoms with van der Waals surface area (Å²) >= 11 is 0. The van der Waals surface area contributed by atoms with E-state index in [-0.39, 0.29) is 45.4 Å². The third-order valence-electron chi connectivity index (χ3n) is 9.73. The SMILES string of the molecule is CC(C)(C)OC(=O)N[C@@H](COC(F)F)C(=O)O.COC[C@H](CC(=O)[C@H](COC(F)F)NC(=O)OC(C)(C)C)C(=O)O.COC[C@H](CC(=O)[C@H](COC(F)F)NC(=O)OC(C)(C)C)C(=O)OCc1ccccc1.COC[C@H](N)C(=O)OCc1ccccc1.Cl. The summed E-state index contributed by atoms with van der Waals surface area (Å²) < 4.78 is 124. The van der Waals surface area contributed by atoms with E-state index >= 15 is 0 Å². The van der Waals surface area contributed by atoms with Crippen LogP contribution >= 0.6 is 12.4 Å². The van der Waals surface area contributed by atoms with Crippen molar-refractivity contribution in [2.75, 3.05) is 61.0 Å². The van der Waals surface area contributed by atoms with E-state index in [1.54, 1.807) is 86.6 Å². The normalized spacial score (nSPS) is 13.2. The van der Waals surface area contributed by atoms with Gasteiger partial charge in [0.1, 0.15) is 48.1 Å². The Morgan fingerprint density at radius 3 is 1.07 bits per heavy atom. The number of aliphatic carboxylic acids is 2. The minimum Gasteiger partial charge on any atom is -0.481 e. The summed E-state index contributed by atoms with van der Waals surface area (Å²) in [5.74, 6) is -7.55. The van der Waals surface area contributed by atoms with E-state index < -0.39 is 159 Å². The fraction of sp³-hybridized carbons (Fsp3) is 0.618. The first kappa shape index (κ1) is 85.3. The molecule has 7 N–H and O–H groups in total. The Balaban J connectivity index is -0.00000113. The van der Waals surface area contributed by atoms with Gasteiger partial charge in [-0.25, -0.2) is 19.2 Å². The molecule has 0 aromatic heterocycles. The number of nitrogens with two attached hydrogens (primary N) is 1. The summed E-state index contributed by atoms with van der Waals surface area (Å²) in [4.78, 5) is 105. The predicted molar refractivity (Wildman–Crippen MR) is 300 cm³/mol. The van der Waals surface area contributed by atoms with Crippen molar-refractivity contribution in [1.29, 1.82) is 0 Å². The molecule has 0 fully saturated rings. The number of alkyl carbamates (subject to hydrolysis) is 3. The number of rotatable bonds is 32. The molecule has 33 heteroatoms. The predicted octanol–water partition coefficient (Wildman–Crippen LogP) is 6.84. The van der Waals surface area contributed by atoms with Crippen LogP contribution in [0.5, 0.6) is 0 Å². The number of amides is 3. The van der Waals surface area contributed by atoms with Crippen LogP contribution in [0.15, 0.2) is 60.7 Å². The molecule has 0 saturated carbocycles. The molecule has 0 aliphatic rings. The number of carbonyl (C=O) groups is 9. The summed E-state index contributed by atoms with van der Waals surface area (Å²) in [5.41, 5.74) is 4.66. The minimum absolute atomic E-state index is 0. The van der Waals surface area contributed by atoms with Gasteiger partial charge < -0.3 is 84.0 Å². The second-order valence-corrected chi connectivity index (χ2v) is 20.9. The second-order valence-electron chi connectivity index (χ2n) is 20.9. The lowest BCUT2D eigenvalue weighted by Gasteiger charge is -2.24. The second kappa shape index (κ2) is 45.3. The molecule has 88 heavy (non-hydrogen) atoms. The Hall–Kier alpha value is -6.94. The van der Waals surface area contributed by atoms with Crippen molar-refractivity contribution in [2.24, 2.45) is 17.6 Å². The molecule has 0 heterocycles. The highest BCUT2D eigenvalue weighted by Crippen LogP contribution is 2.16. The van der Waals surface area contributed by atoms with Gasteiger partial charge in [0.25, 0.3) is 0 Å². The monoisotopic (exact) mass is 1300 g/mol. The number of Topliss-reactive ketones (excluding diaryl/α,β-unsaturated/α-hetero) is 2. The number of esters is 2. The van der Waals surface area contributed by atoms with Crippen LogP contribution in [0.25, 0.3) is 0 Å². The third kappa shape index (κ3) is 46.2. The van der Waals surface area contributed by atoms with Crippen LogP contribution in [0, 0.1) is 11.8 Å². The van der Waals surface area contributed by atoms with Crippen LogP contribution < -0.4 is 21.7 Å². The van der Waals surface area contributed by atoms with Crippen molar-refractivity contribution in [2.45, 2.75) is 149 Å². The fourth-order valence-electron chi connectivity index (χ4n) is 5.99. The summed E-state index contributed by atoms with van der Waals surface area (Å²) in [7, 11) is 4.10. The van der Waals surface area contributed by atoms with E-state index in [1.165, 1.54) is 21.3 Å². The van der Waals surface area contributed by atoms with Crippen LogP contribution in [0.2, 0.25) is 0 Å². The number of alkyl halides is 6. The molecular weight excluding hydrogens is 1220 g/mol. The minimum atomic E-state index is -3.14. The third-order valence-corrected chi connectivity index (χ3v) is 9.73. The molecule has 0 spiro atoms. The number of nitrogens with one attached hydrogen (secondary N) is 3. The van der Waals surface area contributed by atoms with Gasteiger partial charge in [-0.3, -0.25) is 24.0 Å². The molecule has 504 valence electrons. The molecule has 0 saturated heterocycles. The van der Waals surface area contributed by atoms with Crippen molar-refractivity contribution in [1.82, 2.24) is 16.0 Å². The molecule has 3 amide bonds. The first-order valence-electron chi connectivity index (χ1n) is 26.2. The quantitative estimate of drug-likeness (QED) is 0.0248. The molecule has 26 nitrogen and oxygen atoms in total. The molecule has 2 aromatic carbocycles. The number of methoxy groups -OCH3 is 3. The van der Waals surface area contributed by atoms with E-state index in [0.29, 0.717) is 0 Å². The summed E-state index contributed by atoms with van der Waals surface area (Å²) in [5, 5.41) is 23.9. The Labute approximate surface area is 512 Å². The van der Waals surface area contributed by atoms with Gasteiger partial charge in [-0.2, -0.15) is 26.3 Å². The Bertz CT molecular complexity index is 2350. The number of hydrogen-bond donors (Lipinski definition) is 6.